The summed E-state index contributed by atoms with van der Waals surface area (Å²) in [6, 6.07) is 0. The van der Waals surface area contributed by atoms with E-state index in [4.69, 9.17) is 4.74 Å². The van der Waals surface area contributed by atoms with Crippen LogP contribution in [-0.4, -0.2) is 19.0 Å². The number of hydrogen-bond acceptors (Lipinski definition) is 2. The van der Waals surface area contributed by atoms with Gasteiger partial charge in [0.25, 0.3) is 6.40 Å². The molecule has 0 saturated carbocycles. The highest BCUT2D eigenvalue weighted by Crippen LogP contribution is 1.93. The number of nitrogens with zero attached hydrogens (tertiary/aromatic N) is 1. The molecule has 0 bridgehead atoms. The van der Waals surface area contributed by atoms with E-state index in [0.717, 1.165) is 6.54 Å². The fourth-order valence-corrected chi connectivity index (χ4v) is 0.330. The molecule has 0 N–H and O–H groups in total. The quantitative estimate of drug-likeness (QED) is 0.414. The Bertz CT molecular complexity index is 61.9. The maximum absolute atomic E-state index is 4.74. The summed E-state index contributed by atoms with van der Waals surface area (Å²) >= 11 is 0. The zero-order valence-electron chi connectivity index (χ0n) is 3.64. The molecule has 2 heteroatoms. The van der Waals surface area contributed by atoms with Crippen LogP contribution in [0.2, 0.25) is 0 Å². The standard InChI is InChI=1S/C4H6NO/c1-4-2-5-3-6-4/h4H,2H2,1H3/t4-/m0/s1. The first-order valence-corrected chi connectivity index (χ1v) is 1.97. The van der Waals surface area contributed by atoms with E-state index in [1.54, 1.807) is 0 Å². The van der Waals surface area contributed by atoms with Crippen molar-refractivity contribution < 1.29 is 4.74 Å². The smallest absolute Gasteiger partial charge is 0.273 e. The Labute approximate surface area is 36.8 Å². The van der Waals surface area contributed by atoms with Gasteiger partial charge in [0.15, 0.2) is 0 Å². The SMILES string of the molecule is C[C@H]1CN=[C]O1. The summed E-state index contributed by atoms with van der Waals surface area (Å²) in [5, 5.41) is 0. The third-order valence-corrected chi connectivity index (χ3v) is 0.667. The number of hydrogen-bond donors (Lipinski definition) is 0. The van der Waals surface area contributed by atoms with Gasteiger partial charge in [0.2, 0.25) is 0 Å². The minimum Gasteiger partial charge on any atom is -0.469 e. The van der Waals surface area contributed by atoms with Crippen LogP contribution >= 0.6 is 0 Å². The first kappa shape index (κ1) is 3.65. The van der Waals surface area contributed by atoms with Crippen molar-refractivity contribution in [3.8, 4) is 0 Å². The Balaban J connectivity index is 2.32. The van der Waals surface area contributed by atoms with Crippen molar-refractivity contribution >= 4 is 6.40 Å². The van der Waals surface area contributed by atoms with Crippen LogP contribution in [0.1, 0.15) is 6.92 Å². The van der Waals surface area contributed by atoms with Crippen molar-refractivity contribution in [3.63, 3.8) is 0 Å². The Hall–Kier alpha value is -0.530. The first-order chi connectivity index (χ1) is 2.89. The second-order valence-electron chi connectivity index (χ2n) is 1.36. The van der Waals surface area contributed by atoms with Crippen LogP contribution in [0.15, 0.2) is 4.99 Å². The second kappa shape index (κ2) is 1.29. The first-order valence-electron chi connectivity index (χ1n) is 1.97. The van der Waals surface area contributed by atoms with Gasteiger partial charge in [0.1, 0.15) is 6.10 Å². The maximum Gasteiger partial charge on any atom is 0.273 e. The van der Waals surface area contributed by atoms with E-state index in [9.17, 15) is 0 Å². The van der Waals surface area contributed by atoms with Gasteiger partial charge in [-0.25, -0.2) is 4.99 Å². The summed E-state index contributed by atoms with van der Waals surface area (Å²) in [6.45, 7) is 2.74. The van der Waals surface area contributed by atoms with Crippen LogP contribution in [0.4, 0.5) is 0 Å². The lowest BCUT2D eigenvalue weighted by atomic mass is 10.4. The normalized spacial score (nSPS) is 30.5. The molecule has 0 amide bonds. The highest BCUT2D eigenvalue weighted by atomic mass is 16.5. The van der Waals surface area contributed by atoms with Crippen LogP contribution < -0.4 is 0 Å². The molecule has 0 unspecified atom stereocenters. The number of ether oxygens (including phenoxy) is 1. The fourth-order valence-electron chi connectivity index (χ4n) is 0.330. The fraction of sp³-hybridized carbons (Fsp3) is 0.750. The molecular formula is C4H6NO. The molecule has 1 aliphatic heterocycles. The molecule has 0 fully saturated rings. The minimum absolute atomic E-state index is 0.269. The second-order valence-corrected chi connectivity index (χ2v) is 1.36. The van der Waals surface area contributed by atoms with Crippen molar-refractivity contribution in [1.82, 2.24) is 0 Å². The largest absolute Gasteiger partial charge is 0.469 e. The van der Waals surface area contributed by atoms with Gasteiger partial charge in [0, 0.05) is 0 Å². The lowest BCUT2D eigenvalue weighted by molar-refractivity contribution is 0.256. The van der Waals surface area contributed by atoms with Crippen LogP contribution in [-0.2, 0) is 4.74 Å². The summed E-state index contributed by atoms with van der Waals surface area (Å²) in [5.74, 6) is 0. The summed E-state index contributed by atoms with van der Waals surface area (Å²) < 4.78 is 4.74. The maximum atomic E-state index is 4.74. The Morgan fingerprint density at radius 1 is 2.00 bits per heavy atom. The molecule has 1 atom stereocenters. The van der Waals surface area contributed by atoms with Crippen molar-refractivity contribution in [1.29, 1.82) is 0 Å². The molecule has 2 nitrogen and oxygen atoms in total. The minimum atomic E-state index is 0.269. The molecule has 1 heterocycles. The van der Waals surface area contributed by atoms with Crippen molar-refractivity contribution in [2.75, 3.05) is 6.54 Å². The Morgan fingerprint density at radius 3 is 3.00 bits per heavy atom. The molecule has 1 radical (unpaired) electrons. The number of aliphatic imine (C=N–C) groups is 1. The zero-order chi connectivity index (χ0) is 4.41. The average molecular weight is 84.1 g/mol. The van der Waals surface area contributed by atoms with Gasteiger partial charge in [0.05, 0.1) is 6.54 Å². The molecule has 33 valence electrons. The third kappa shape index (κ3) is 0.506. The molecule has 0 aromatic rings. The highest BCUT2D eigenvalue weighted by Gasteiger charge is 2.02. The summed E-state index contributed by atoms with van der Waals surface area (Å²) in [7, 11) is 0. The lowest BCUT2D eigenvalue weighted by Crippen LogP contribution is -2.01. The van der Waals surface area contributed by atoms with E-state index in [1.807, 2.05) is 6.92 Å². The zero-order valence-corrected chi connectivity index (χ0v) is 3.64. The van der Waals surface area contributed by atoms with Gasteiger partial charge in [-0.1, -0.05) is 0 Å². The van der Waals surface area contributed by atoms with E-state index < -0.39 is 0 Å². The molecule has 1 rings (SSSR count). The van der Waals surface area contributed by atoms with E-state index >= 15 is 0 Å². The van der Waals surface area contributed by atoms with E-state index in [2.05, 4.69) is 11.4 Å². The van der Waals surface area contributed by atoms with Gasteiger partial charge in [-0.2, -0.15) is 0 Å². The average Bonchev–Trinajstić information content (AvgIpc) is 1.86. The topological polar surface area (TPSA) is 21.6 Å². The van der Waals surface area contributed by atoms with Gasteiger partial charge in [-0.05, 0) is 6.92 Å². The summed E-state index contributed by atoms with van der Waals surface area (Å²) in [5.41, 5.74) is 0. The van der Waals surface area contributed by atoms with E-state index in [0.29, 0.717) is 0 Å². The molecule has 0 saturated heterocycles. The van der Waals surface area contributed by atoms with Crippen LogP contribution in [0.25, 0.3) is 0 Å². The lowest BCUT2D eigenvalue weighted by Gasteiger charge is -1.93. The predicted octanol–water partition coefficient (Wildman–Crippen LogP) is 0.310. The third-order valence-electron chi connectivity index (χ3n) is 0.667. The predicted molar refractivity (Wildman–Crippen MR) is 22.8 cm³/mol. The molecule has 6 heavy (non-hydrogen) atoms. The monoisotopic (exact) mass is 84.0 g/mol. The molecule has 0 aromatic heterocycles. The van der Waals surface area contributed by atoms with Crippen molar-refractivity contribution in [2.45, 2.75) is 13.0 Å². The summed E-state index contributed by atoms with van der Waals surface area (Å²) in [6.07, 6.45) is 2.67. The van der Waals surface area contributed by atoms with Gasteiger partial charge in [-0.3, -0.25) is 0 Å². The Morgan fingerprint density at radius 2 is 2.83 bits per heavy atom. The highest BCUT2D eigenvalue weighted by molar-refractivity contribution is 5.48. The Kier molecular flexibility index (Phi) is 0.783. The van der Waals surface area contributed by atoms with Crippen molar-refractivity contribution in [3.05, 3.63) is 0 Å². The molecule has 0 spiro atoms. The van der Waals surface area contributed by atoms with Crippen LogP contribution in [0.5, 0.6) is 0 Å². The van der Waals surface area contributed by atoms with Gasteiger partial charge in [-0.15, -0.1) is 0 Å². The molecular weight excluding hydrogens is 78.0 g/mol. The molecule has 0 aromatic carbocycles. The van der Waals surface area contributed by atoms with E-state index in [-0.39, 0.29) is 6.10 Å². The van der Waals surface area contributed by atoms with Crippen LogP contribution in [0.3, 0.4) is 0 Å². The number of rotatable bonds is 0. The summed E-state index contributed by atoms with van der Waals surface area (Å²) in [4.78, 5) is 3.69. The van der Waals surface area contributed by atoms with Gasteiger partial charge >= 0.3 is 0 Å². The molecule has 1 aliphatic rings. The van der Waals surface area contributed by atoms with Gasteiger partial charge < -0.3 is 4.74 Å². The van der Waals surface area contributed by atoms with Crippen LogP contribution in [0, 0.1) is 0 Å². The van der Waals surface area contributed by atoms with Crippen molar-refractivity contribution in [2.24, 2.45) is 4.99 Å². The molecule has 0 aliphatic carbocycles. The van der Waals surface area contributed by atoms with E-state index in [1.165, 1.54) is 0 Å².